The lowest BCUT2D eigenvalue weighted by Crippen LogP contribution is -2.41. The number of carbonyl (C=O) groups is 3. The molecule has 1 aliphatic rings. The maximum absolute atomic E-state index is 12.6. The van der Waals surface area contributed by atoms with Gasteiger partial charge in [0.1, 0.15) is 5.56 Å². The molecule has 0 spiro atoms. The molecule has 0 unspecified atom stereocenters. The molecule has 0 radical (unpaired) electrons. The van der Waals surface area contributed by atoms with Crippen LogP contribution >= 0.6 is 0 Å². The number of piperidine rings is 1. The minimum Gasteiger partial charge on any atom is -0.479 e. The van der Waals surface area contributed by atoms with Crippen LogP contribution in [0.15, 0.2) is 30.5 Å². The average Bonchev–Trinajstić information content (AvgIpc) is 3.09. The molecule has 9 heteroatoms. The van der Waals surface area contributed by atoms with Gasteiger partial charge in [0.2, 0.25) is 11.8 Å². The summed E-state index contributed by atoms with van der Waals surface area (Å²) in [4.78, 5) is 38.0. The number of anilines is 1. The number of primary amides is 1. The Hall–Kier alpha value is -3.36. The quantitative estimate of drug-likeness (QED) is 0.796. The summed E-state index contributed by atoms with van der Waals surface area (Å²) >= 11 is 0. The van der Waals surface area contributed by atoms with Crippen LogP contribution in [-0.4, -0.2) is 52.6 Å². The van der Waals surface area contributed by atoms with E-state index in [1.807, 2.05) is 0 Å². The predicted molar refractivity (Wildman–Crippen MR) is 102 cm³/mol. The molecule has 148 valence electrons. The van der Waals surface area contributed by atoms with Crippen molar-refractivity contribution in [2.75, 3.05) is 25.5 Å². The van der Waals surface area contributed by atoms with Gasteiger partial charge in [-0.15, -0.1) is 5.10 Å². The third-order valence-corrected chi connectivity index (χ3v) is 4.81. The summed E-state index contributed by atoms with van der Waals surface area (Å²) in [6.45, 7) is 1.01. The Morgan fingerprint density at radius 2 is 1.82 bits per heavy atom. The van der Waals surface area contributed by atoms with Crippen molar-refractivity contribution in [2.45, 2.75) is 12.8 Å². The maximum atomic E-state index is 12.6. The predicted octanol–water partition coefficient (Wildman–Crippen LogP) is 1.02. The van der Waals surface area contributed by atoms with Crippen LogP contribution in [0.1, 0.15) is 33.6 Å². The van der Waals surface area contributed by atoms with Crippen LogP contribution in [0.3, 0.4) is 0 Å². The number of aromatic nitrogens is 2. The summed E-state index contributed by atoms with van der Waals surface area (Å²) in [6, 6.07) is 6.67. The van der Waals surface area contributed by atoms with E-state index < -0.39 is 0 Å². The number of nitrogens with two attached hydrogens (primary N) is 1. The number of aryl methyl sites for hydroxylation is 1. The van der Waals surface area contributed by atoms with Gasteiger partial charge in [-0.1, -0.05) is 0 Å². The SMILES string of the molecule is COc1nn(C)cc1C(=O)Nc1ccc(C(=O)N2CCC(C(N)=O)CC2)cc1. The van der Waals surface area contributed by atoms with Gasteiger partial charge in [0.05, 0.1) is 7.11 Å². The van der Waals surface area contributed by atoms with E-state index in [1.54, 1.807) is 42.4 Å². The van der Waals surface area contributed by atoms with Crippen molar-refractivity contribution < 1.29 is 19.1 Å². The second-order valence-corrected chi connectivity index (χ2v) is 6.73. The van der Waals surface area contributed by atoms with Crippen molar-refractivity contribution in [3.05, 3.63) is 41.6 Å². The maximum Gasteiger partial charge on any atom is 0.262 e. The van der Waals surface area contributed by atoms with Gasteiger partial charge >= 0.3 is 0 Å². The van der Waals surface area contributed by atoms with Gasteiger partial charge in [0, 0.05) is 43.5 Å². The van der Waals surface area contributed by atoms with Gasteiger partial charge in [-0.3, -0.25) is 19.1 Å². The summed E-state index contributed by atoms with van der Waals surface area (Å²) in [5, 5.41) is 6.81. The molecule has 3 N–H and O–H groups in total. The molecular weight excluding hydrogens is 362 g/mol. The van der Waals surface area contributed by atoms with Crippen LogP contribution < -0.4 is 15.8 Å². The summed E-state index contributed by atoms with van der Waals surface area (Å²) in [6.07, 6.45) is 2.74. The number of likely N-dealkylation sites (tertiary alicyclic amines) is 1. The van der Waals surface area contributed by atoms with E-state index in [9.17, 15) is 14.4 Å². The van der Waals surface area contributed by atoms with Crippen LogP contribution in [0.4, 0.5) is 5.69 Å². The molecule has 0 atom stereocenters. The molecule has 1 fully saturated rings. The summed E-state index contributed by atoms with van der Waals surface area (Å²) in [5.41, 5.74) is 6.73. The molecule has 1 aromatic heterocycles. The van der Waals surface area contributed by atoms with Crippen molar-refractivity contribution in [3.8, 4) is 5.88 Å². The van der Waals surface area contributed by atoms with Gasteiger partial charge in [0.15, 0.2) is 0 Å². The van der Waals surface area contributed by atoms with Crippen LogP contribution in [0.25, 0.3) is 0 Å². The van der Waals surface area contributed by atoms with Crippen LogP contribution in [0.5, 0.6) is 5.88 Å². The molecule has 1 aromatic carbocycles. The highest BCUT2D eigenvalue weighted by atomic mass is 16.5. The van der Waals surface area contributed by atoms with E-state index in [1.165, 1.54) is 11.8 Å². The number of nitrogens with one attached hydrogen (secondary N) is 1. The van der Waals surface area contributed by atoms with E-state index in [-0.39, 0.29) is 29.5 Å². The van der Waals surface area contributed by atoms with Crippen molar-refractivity contribution in [1.82, 2.24) is 14.7 Å². The molecule has 0 bridgehead atoms. The van der Waals surface area contributed by atoms with Crippen molar-refractivity contribution in [3.63, 3.8) is 0 Å². The van der Waals surface area contributed by atoms with Crippen LogP contribution in [0, 0.1) is 5.92 Å². The number of hydrogen-bond donors (Lipinski definition) is 2. The minimum absolute atomic E-state index is 0.102. The first-order valence-corrected chi connectivity index (χ1v) is 8.96. The van der Waals surface area contributed by atoms with E-state index >= 15 is 0 Å². The van der Waals surface area contributed by atoms with Crippen molar-refractivity contribution >= 4 is 23.4 Å². The molecule has 1 aliphatic heterocycles. The molecule has 9 nitrogen and oxygen atoms in total. The van der Waals surface area contributed by atoms with Gasteiger partial charge in [-0.05, 0) is 37.1 Å². The number of nitrogens with zero attached hydrogens (tertiary/aromatic N) is 3. The molecule has 2 heterocycles. The normalized spacial score (nSPS) is 14.6. The Balaban J connectivity index is 1.62. The number of methoxy groups -OCH3 is 1. The highest BCUT2D eigenvalue weighted by molar-refractivity contribution is 6.06. The zero-order chi connectivity index (χ0) is 20.3. The third kappa shape index (κ3) is 4.13. The zero-order valence-corrected chi connectivity index (χ0v) is 15.8. The fourth-order valence-corrected chi connectivity index (χ4v) is 3.22. The smallest absolute Gasteiger partial charge is 0.262 e. The van der Waals surface area contributed by atoms with Gasteiger partial charge in [0.25, 0.3) is 11.8 Å². The van der Waals surface area contributed by atoms with Crippen LogP contribution in [0.2, 0.25) is 0 Å². The van der Waals surface area contributed by atoms with E-state index in [2.05, 4.69) is 10.4 Å². The fraction of sp³-hybridized carbons (Fsp3) is 0.368. The van der Waals surface area contributed by atoms with Crippen molar-refractivity contribution in [1.29, 1.82) is 0 Å². The number of amides is 3. The lowest BCUT2D eigenvalue weighted by Gasteiger charge is -2.30. The Morgan fingerprint density at radius 1 is 1.18 bits per heavy atom. The largest absolute Gasteiger partial charge is 0.479 e. The average molecular weight is 385 g/mol. The molecule has 0 saturated carbocycles. The molecule has 28 heavy (non-hydrogen) atoms. The Morgan fingerprint density at radius 3 is 2.39 bits per heavy atom. The van der Waals surface area contributed by atoms with Gasteiger partial charge in [-0.25, -0.2) is 0 Å². The first-order chi connectivity index (χ1) is 13.4. The molecule has 2 aromatic rings. The third-order valence-electron chi connectivity index (χ3n) is 4.81. The topological polar surface area (TPSA) is 120 Å². The zero-order valence-electron chi connectivity index (χ0n) is 15.8. The number of rotatable bonds is 5. The molecule has 1 saturated heterocycles. The summed E-state index contributed by atoms with van der Waals surface area (Å²) in [5.74, 6) is -0.679. The van der Waals surface area contributed by atoms with Gasteiger partial charge < -0.3 is 20.7 Å². The number of ether oxygens (including phenoxy) is 1. The highest BCUT2D eigenvalue weighted by Gasteiger charge is 2.26. The van der Waals surface area contributed by atoms with Crippen LogP contribution in [-0.2, 0) is 11.8 Å². The fourth-order valence-electron chi connectivity index (χ4n) is 3.22. The Labute approximate surface area is 162 Å². The standard InChI is InChI=1S/C19H23N5O4/c1-23-11-15(18(22-23)28-2)17(26)21-14-5-3-13(4-6-14)19(27)24-9-7-12(8-10-24)16(20)25/h3-6,11-12H,7-10H2,1-2H3,(H2,20,25)(H,21,26). The van der Waals surface area contributed by atoms with Gasteiger partial charge in [-0.2, -0.15) is 0 Å². The number of carbonyl (C=O) groups excluding carboxylic acids is 3. The minimum atomic E-state index is -0.349. The lowest BCUT2D eigenvalue weighted by molar-refractivity contribution is -0.123. The van der Waals surface area contributed by atoms with Crippen molar-refractivity contribution in [2.24, 2.45) is 18.7 Å². The van der Waals surface area contributed by atoms with E-state index in [4.69, 9.17) is 10.5 Å². The molecule has 3 amide bonds. The molecular formula is C19H23N5O4. The first kappa shape index (κ1) is 19.4. The monoisotopic (exact) mass is 385 g/mol. The Bertz CT molecular complexity index is 882. The van der Waals surface area contributed by atoms with E-state index in [0.717, 1.165) is 0 Å². The number of hydrogen-bond acceptors (Lipinski definition) is 5. The molecule has 3 rings (SSSR count). The summed E-state index contributed by atoms with van der Waals surface area (Å²) < 4.78 is 6.59. The summed E-state index contributed by atoms with van der Waals surface area (Å²) in [7, 11) is 3.15. The lowest BCUT2D eigenvalue weighted by atomic mass is 9.96. The Kier molecular flexibility index (Phi) is 5.62. The first-order valence-electron chi connectivity index (χ1n) is 8.96. The second kappa shape index (κ2) is 8.12. The van der Waals surface area contributed by atoms with E-state index in [0.29, 0.717) is 42.7 Å². The highest BCUT2D eigenvalue weighted by Crippen LogP contribution is 2.21. The number of benzene rings is 1. The second-order valence-electron chi connectivity index (χ2n) is 6.73. The molecule has 0 aliphatic carbocycles.